The van der Waals surface area contributed by atoms with Crippen LogP contribution in [-0.2, 0) is 0 Å². The first-order chi connectivity index (χ1) is 12.2. The molecule has 1 N–H and O–H groups in total. The van der Waals surface area contributed by atoms with Crippen molar-refractivity contribution in [1.29, 1.82) is 0 Å². The molecule has 0 atom stereocenters. The van der Waals surface area contributed by atoms with Gasteiger partial charge in [0, 0.05) is 10.6 Å². The molecule has 124 valence electrons. The maximum atomic E-state index is 5.22. The van der Waals surface area contributed by atoms with E-state index in [1.807, 2.05) is 24.3 Å². The minimum Gasteiger partial charge on any atom is -0.497 e. The molecule has 2 aromatic heterocycles. The molecule has 0 amide bonds. The van der Waals surface area contributed by atoms with Crippen molar-refractivity contribution in [3.8, 4) is 17.0 Å². The Kier molecular flexibility index (Phi) is 4.15. The van der Waals surface area contributed by atoms with Crippen LogP contribution in [0.1, 0.15) is 5.56 Å². The van der Waals surface area contributed by atoms with Gasteiger partial charge in [0.15, 0.2) is 0 Å². The number of hydrogen-bond acceptors (Lipinski definition) is 4. The number of fused-ring (bicyclic) bond motifs is 1. The van der Waals surface area contributed by atoms with Crippen molar-refractivity contribution in [3.05, 3.63) is 66.5 Å². The number of aromatic nitrogens is 3. The molecule has 0 saturated heterocycles. The zero-order valence-corrected chi connectivity index (χ0v) is 14.8. The maximum absolute atomic E-state index is 5.22. The van der Waals surface area contributed by atoms with Crippen LogP contribution in [0.4, 0.5) is 0 Å². The lowest BCUT2D eigenvalue weighted by Gasteiger charge is -2.02. The molecule has 25 heavy (non-hydrogen) atoms. The van der Waals surface area contributed by atoms with E-state index in [0.717, 1.165) is 38.0 Å². The number of ether oxygens (including phenoxy) is 1. The Morgan fingerprint density at radius 1 is 0.960 bits per heavy atom. The number of benzene rings is 2. The fraction of sp³-hybridized carbons (Fsp3) is 0.100. The highest BCUT2D eigenvalue weighted by Gasteiger charge is 2.11. The van der Waals surface area contributed by atoms with Crippen molar-refractivity contribution in [1.82, 2.24) is 15.0 Å². The van der Waals surface area contributed by atoms with Gasteiger partial charge in [0.2, 0.25) is 0 Å². The second kappa shape index (κ2) is 6.61. The van der Waals surface area contributed by atoms with Crippen molar-refractivity contribution in [3.63, 3.8) is 0 Å². The molecule has 0 fully saturated rings. The Morgan fingerprint density at radius 3 is 2.44 bits per heavy atom. The Labute approximate surface area is 150 Å². The molecule has 0 radical (unpaired) electrons. The second-order valence-corrected chi connectivity index (χ2v) is 6.83. The van der Waals surface area contributed by atoms with Crippen molar-refractivity contribution in [2.24, 2.45) is 0 Å². The van der Waals surface area contributed by atoms with Gasteiger partial charge in [-0.1, -0.05) is 29.5 Å². The van der Waals surface area contributed by atoms with Crippen LogP contribution in [0.15, 0.2) is 70.8 Å². The molecule has 0 bridgehead atoms. The number of hydrogen-bond donors (Lipinski definition) is 1. The van der Waals surface area contributed by atoms with E-state index in [-0.39, 0.29) is 0 Å². The second-order valence-electron chi connectivity index (χ2n) is 5.77. The molecule has 2 aromatic carbocycles. The fourth-order valence-corrected chi connectivity index (χ4v) is 3.50. The summed E-state index contributed by atoms with van der Waals surface area (Å²) in [7, 11) is 1.67. The summed E-state index contributed by atoms with van der Waals surface area (Å²) in [6, 6.07) is 18.5. The summed E-state index contributed by atoms with van der Waals surface area (Å²) in [4.78, 5) is 13.4. The number of aryl methyl sites for hydroxylation is 1. The summed E-state index contributed by atoms with van der Waals surface area (Å²) in [5.41, 5.74) is 4.20. The number of nitrogens with one attached hydrogen (secondary N) is 1. The molecule has 0 saturated carbocycles. The summed E-state index contributed by atoms with van der Waals surface area (Å²) in [6.07, 6.45) is 1.60. The molecule has 0 unspecified atom stereocenters. The lowest BCUT2D eigenvalue weighted by atomic mass is 10.1. The first-order valence-electron chi connectivity index (χ1n) is 7.95. The van der Waals surface area contributed by atoms with Crippen LogP contribution in [-0.4, -0.2) is 22.1 Å². The van der Waals surface area contributed by atoms with Gasteiger partial charge in [-0.05, 0) is 55.0 Å². The van der Waals surface area contributed by atoms with E-state index >= 15 is 0 Å². The molecule has 4 aromatic rings. The molecule has 0 spiro atoms. The predicted molar refractivity (Wildman–Crippen MR) is 101 cm³/mol. The van der Waals surface area contributed by atoms with Crippen LogP contribution in [0.5, 0.6) is 5.75 Å². The van der Waals surface area contributed by atoms with E-state index < -0.39 is 0 Å². The lowest BCUT2D eigenvalue weighted by molar-refractivity contribution is 0.415. The topological polar surface area (TPSA) is 50.8 Å². The van der Waals surface area contributed by atoms with Gasteiger partial charge in [0.05, 0.1) is 12.5 Å². The van der Waals surface area contributed by atoms with E-state index in [2.05, 4.69) is 52.2 Å². The molecular weight excluding hydrogens is 330 g/mol. The number of rotatable bonds is 4. The molecule has 0 aliphatic carbocycles. The average molecular weight is 347 g/mol. The van der Waals surface area contributed by atoms with Gasteiger partial charge in [-0.15, -0.1) is 0 Å². The third-order valence-electron chi connectivity index (χ3n) is 4.03. The van der Waals surface area contributed by atoms with E-state index in [1.165, 1.54) is 5.56 Å². The first kappa shape index (κ1) is 15.7. The number of nitrogens with zero attached hydrogens (tertiary/aromatic N) is 2. The van der Waals surface area contributed by atoms with E-state index in [9.17, 15) is 0 Å². The Bertz CT molecular complexity index is 1010. The molecule has 2 heterocycles. The number of aromatic amines is 1. The van der Waals surface area contributed by atoms with Crippen LogP contribution in [0.3, 0.4) is 0 Å². The highest BCUT2D eigenvalue weighted by atomic mass is 32.2. The summed E-state index contributed by atoms with van der Waals surface area (Å²) in [5, 5.41) is 1.98. The van der Waals surface area contributed by atoms with E-state index in [1.54, 1.807) is 25.2 Å². The van der Waals surface area contributed by atoms with Crippen molar-refractivity contribution in [2.45, 2.75) is 16.8 Å². The third kappa shape index (κ3) is 3.23. The quantitative estimate of drug-likeness (QED) is 0.522. The lowest BCUT2D eigenvalue weighted by Crippen LogP contribution is -1.84. The molecular formula is C20H17N3OS. The van der Waals surface area contributed by atoms with Gasteiger partial charge in [-0.3, -0.25) is 0 Å². The summed E-state index contributed by atoms with van der Waals surface area (Å²) in [6.45, 7) is 2.09. The zero-order chi connectivity index (χ0) is 17.2. The Balaban J connectivity index is 1.71. The number of methoxy groups -OCH3 is 1. The minimum atomic E-state index is 0.843. The fourth-order valence-electron chi connectivity index (χ4n) is 2.64. The predicted octanol–water partition coefficient (Wildman–Crippen LogP) is 5.09. The van der Waals surface area contributed by atoms with Crippen molar-refractivity contribution < 1.29 is 4.74 Å². The SMILES string of the molecule is COc1ccc(-c2cc3c(Sc4ccc(C)cc4)ncnc3[nH]2)cc1. The Morgan fingerprint density at radius 2 is 1.72 bits per heavy atom. The minimum absolute atomic E-state index is 0.843. The van der Waals surface area contributed by atoms with Gasteiger partial charge >= 0.3 is 0 Å². The van der Waals surface area contributed by atoms with Crippen molar-refractivity contribution in [2.75, 3.05) is 7.11 Å². The molecule has 4 nitrogen and oxygen atoms in total. The third-order valence-corrected chi connectivity index (χ3v) is 5.05. The largest absolute Gasteiger partial charge is 0.497 e. The average Bonchev–Trinajstić information content (AvgIpc) is 3.09. The molecule has 4 rings (SSSR count). The number of H-pyrrole nitrogens is 1. The van der Waals surface area contributed by atoms with Gasteiger partial charge in [-0.2, -0.15) is 0 Å². The highest BCUT2D eigenvalue weighted by Crippen LogP contribution is 2.33. The monoisotopic (exact) mass is 347 g/mol. The van der Waals surface area contributed by atoms with Gasteiger partial charge in [0.1, 0.15) is 22.7 Å². The zero-order valence-electron chi connectivity index (χ0n) is 14.0. The van der Waals surface area contributed by atoms with Crippen LogP contribution in [0, 0.1) is 6.92 Å². The maximum Gasteiger partial charge on any atom is 0.142 e. The van der Waals surface area contributed by atoms with E-state index in [4.69, 9.17) is 4.74 Å². The summed E-state index contributed by atoms with van der Waals surface area (Å²) in [5.74, 6) is 0.843. The van der Waals surface area contributed by atoms with Gasteiger partial charge < -0.3 is 9.72 Å². The highest BCUT2D eigenvalue weighted by molar-refractivity contribution is 7.99. The van der Waals surface area contributed by atoms with Crippen LogP contribution >= 0.6 is 11.8 Å². The van der Waals surface area contributed by atoms with Gasteiger partial charge in [0.25, 0.3) is 0 Å². The molecule has 5 heteroatoms. The molecule has 0 aliphatic rings. The van der Waals surface area contributed by atoms with Gasteiger partial charge in [-0.25, -0.2) is 9.97 Å². The van der Waals surface area contributed by atoms with E-state index in [0.29, 0.717) is 0 Å². The molecule has 0 aliphatic heterocycles. The van der Waals surface area contributed by atoms with Crippen molar-refractivity contribution >= 4 is 22.8 Å². The normalized spacial score (nSPS) is 11.0. The summed E-state index contributed by atoms with van der Waals surface area (Å²) >= 11 is 1.65. The smallest absolute Gasteiger partial charge is 0.142 e. The first-order valence-corrected chi connectivity index (χ1v) is 8.77. The van der Waals surface area contributed by atoms with Crippen LogP contribution in [0.2, 0.25) is 0 Å². The van der Waals surface area contributed by atoms with Crippen LogP contribution < -0.4 is 4.74 Å². The standard InChI is InChI=1S/C20H17N3OS/c1-13-3-9-16(10-4-13)25-20-17-11-18(23-19(17)21-12-22-20)14-5-7-15(24-2)8-6-14/h3-12H,1-2H3,(H,21,22,23). The van der Waals surface area contributed by atoms with Crippen LogP contribution in [0.25, 0.3) is 22.3 Å². The Hall–Kier alpha value is -2.79. The summed E-state index contributed by atoms with van der Waals surface area (Å²) < 4.78 is 5.22.